The summed E-state index contributed by atoms with van der Waals surface area (Å²) in [6, 6.07) is 10.5. The third kappa shape index (κ3) is 4.63. The van der Waals surface area contributed by atoms with Crippen molar-refractivity contribution in [2.75, 3.05) is 11.9 Å². The Balaban J connectivity index is 1.54. The molecule has 0 fully saturated rings. The fourth-order valence-electron chi connectivity index (χ4n) is 2.79. The first-order valence-corrected chi connectivity index (χ1v) is 8.91. The molecule has 0 aliphatic rings. The second-order valence-corrected chi connectivity index (χ2v) is 6.50. The van der Waals surface area contributed by atoms with E-state index < -0.39 is 17.5 Å². The zero-order valence-corrected chi connectivity index (χ0v) is 15.2. The molecule has 6 N–H and O–H groups in total. The number of nitrogens with two attached hydrogens (primary N) is 1. The molecule has 1 aromatic carbocycles. The molecule has 0 saturated carbocycles. The van der Waals surface area contributed by atoms with Gasteiger partial charge in [0.05, 0.1) is 11.7 Å². The van der Waals surface area contributed by atoms with Crippen LogP contribution in [0, 0.1) is 0 Å². The van der Waals surface area contributed by atoms with Gasteiger partial charge in [0.2, 0.25) is 0 Å². The first-order valence-electron chi connectivity index (χ1n) is 8.91. The second-order valence-electron chi connectivity index (χ2n) is 6.50. The molecule has 9 nitrogen and oxygen atoms in total. The van der Waals surface area contributed by atoms with Crippen molar-refractivity contribution in [1.82, 2.24) is 20.5 Å². The molecule has 0 aliphatic heterocycles. The number of pyridine rings is 1. The number of benzene rings is 1. The van der Waals surface area contributed by atoms with E-state index in [2.05, 4.69) is 25.8 Å². The minimum Gasteiger partial charge on any atom is -0.478 e. The number of carboxylic acids is 1. The number of aliphatic carboxylic acids is 1. The molecule has 0 bridgehead atoms. The average molecular weight is 382 g/mol. The second kappa shape index (κ2) is 8.49. The molecule has 9 heteroatoms. The van der Waals surface area contributed by atoms with Crippen molar-refractivity contribution < 1.29 is 14.7 Å². The summed E-state index contributed by atoms with van der Waals surface area (Å²) < 4.78 is 0. The van der Waals surface area contributed by atoms with Crippen molar-refractivity contribution in [2.45, 2.75) is 24.9 Å². The predicted octanol–water partition coefficient (Wildman–Crippen LogP) is 1.71. The lowest BCUT2D eigenvalue weighted by atomic mass is 10.0. The molecule has 1 amide bonds. The normalized spacial score (nSPS) is 13.0. The summed E-state index contributed by atoms with van der Waals surface area (Å²) in [5, 5.41) is 22.6. The van der Waals surface area contributed by atoms with Crippen molar-refractivity contribution >= 4 is 28.6 Å². The third-order valence-corrected chi connectivity index (χ3v) is 4.39. The number of nitrogens with zero attached hydrogens (tertiary/aromatic N) is 2. The molecule has 0 spiro atoms. The predicted molar refractivity (Wildman–Crippen MR) is 105 cm³/mol. The molecule has 1 atom stereocenters. The van der Waals surface area contributed by atoms with Crippen LogP contribution in [0.1, 0.15) is 29.6 Å². The van der Waals surface area contributed by atoms with Gasteiger partial charge < -0.3 is 15.7 Å². The number of hydrogen-bond donors (Lipinski definition) is 5. The first kappa shape index (κ1) is 19.3. The maximum Gasteiger partial charge on any atom is 0.344 e. The number of rotatable bonds is 9. The number of unbranched alkanes of at least 4 members (excludes halogenated alkanes) is 1. The van der Waals surface area contributed by atoms with Crippen molar-refractivity contribution in [1.29, 1.82) is 0 Å². The minimum absolute atomic E-state index is 0.103. The first-order chi connectivity index (χ1) is 13.5. The Hall–Kier alpha value is -3.46. The van der Waals surface area contributed by atoms with Gasteiger partial charge in [-0.15, -0.1) is 0 Å². The molecule has 2 heterocycles. The summed E-state index contributed by atoms with van der Waals surface area (Å²) in [5.41, 5.74) is 5.25. The van der Waals surface area contributed by atoms with E-state index in [1.807, 2.05) is 18.2 Å². The van der Waals surface area contributed by atoms with Gasteiger partial charge >= 0.3 is 5.97 Å². The number of carboxylic acid groups (broad SMARTS) is 1. The third-order valence-electron chi connectivity index (χ3n) is 4.39. The Morgan fingerprint density at radius 3 is 2.82 bits per heavy atom. The van der Waals surface area contributed by atoms with Crippen LogP contribution in [0.15, 0.2) is 48.8 Å². The number of carbonyl (C=O) groups is 2. The van der Waals surface area contributed by atoms with Crippen molar-refractivity contribution in [2.24, 2.45) is 5.73 Å². The Kier molecular flexibility index (Phi) is 5.85. The molecule has 28 heavy (non-hydrogen) atoms. The summed E-state index contributed by atoms with van der Waals surface area (Å²) in [6.07, 6.45) is 4.58. The molecule has 0 saturated heterocycles. The molecule has 3 rings (SSSR count). The highest BCUT2D eigenvalue weighted by molar-refractivity contribution is 6.00. The Labute approximate surface area is 161 Å². The smallest absolute Gasteiger partial charge is 0.344 e. The topological polar surface area (TPSA) is 146 Å². The lowest BCUT2D eigenvalue weighted by Crippen LogP contribution is -2.61. The molecule has 0 radical (unpaired) electrons. The highest BCUT2D eigenvalue weighted by Crippen LogP contribution is 2.15. The summed E-state index contributed by atoms with van der Waals surface area (Å²) in [5.74, 6) is -1.06. The van der Waals surface area contributed by atoms with E-state index in [4.69, 9.17) is 5.73 Å². The van der Waals surface area contributed by atoms with E-state index in [0.717, 1.165) is 16.7 Å². The van der Waals surface area contributed by atoms with E-state index in [1.54, 1.807) is 30.6 Å². The molecule has 0 aliphatic carbocycles. The summed E-state index contributed by atoms with van der Waals surface area (Å²) in [4.78, 5) is 28.3. The quantitative estimate of drug-likeness (QED) is 0.280. The van der Waals surface area contributed by atoms with E-state index in [1.165, 1.54) is 0 Å². The van der Waals surface area contributed by atoms with Crippen LogP contribution >= 0.6 is 0 Å². The largest absolute Gasteiger partial charge is 0.478 e. The number of carbonyl (C=O) groups excluding carboxylic acids is 1. The monoisotopic (exact) mass is 382 g/mol. The van der Waals surface area contributed by atoms with Crippen LogP contribution in [-0.2, 0) is 4.79 Å². The van der Waals surface area contributed by atoms with Gasteiger partial charge in [0, 0.05) is 23.7 Å². The number of amides is 1. The van der Waals surface area contributed by atoms with Crippen LogP contribution in [-0.4, -0.2) is 44.4 Å². The van der Waals surface area contributed by atoms with Crippen LogP contribution < -0.4 is 16.4 Å². The fourth-order valence-corrected chi connectivity index (χ4v) is 2.79. The lowest BCUT2D eigenvalue weighted by Gasteiger charge is -2.26. The number of hydrogen-bond acceptors (Lipinski definition) is 6. The van der Waals surface area contributed by atoms with E-state index >= 15 is 0 Å². The maximum atomic E-state index is 12.5. The van der Waals surface area contributed by atoms with E-state index in [9.17, 15) is 14.7 Å². The SMILES string of the molecule is N[C@@](CCCCNc1ccccn1)(NC(=O)c1ccc2[nH]ncc2c1)C(=O)O. The summed E-state index contributed by atoms with van der Waals surface area (Å²) in [7, 11) is 0. The Morgan fingerprint density at radius 2 is 2.07 bits per heavy atom. The van der Waals surface area contributed by atoms with Crippen LogP contribution in [0.2, 0.25) is 0 Å². The van der Waals surface area contributed by atoms with Crippen LogP contribution in [0.5, 0.6) is 0 Å². The van der Waals surface area contributed by atoms with Gasteiger partial charge in [-0.05, 0) is 49.6 Å². The molecule has 146 valence electrons. The molecular formula is C19H22N6O3. The Bertz CT molecular complexity index is 958. The highest BCUT2D eigenvalue weighted by atomic mass is 16.4. The highest BCUT2D eigenvalue weighted by Gasteiger charge is 2.35. The van der Waals surface area contributed by atoms with Gasteiger partial charge in [-0.1, -0.05) is 6.07 Å². The van der Waals surface area contributed by atoms with Crippen molar-refractivity contribution in [3.63, 3.8) is 0 Å². The van der Waals surface area contributed by atoms with Crippen LogP contribution in [0.3, 0.4) is 0 Å². The van der Waals surface area contributed by atoms with Gasteiger partial charge in [-0.3, -0.25) is 15.6 Å². The standard InChI is InChI=1S/C19H22N6O3/c20-19(18(27)28,8-2-4-10-22-16-5-1-3-9-21-16)24-17(26)13-6-7-15-14(11-13)12-23-25-15/h1,3,5-7,9,11-12H,2,4,8,10,20H2,(H,21,22)(H,23,25)(H,24,26)(H,27,28)/t19-/m0/s1. The van der Waals surface area contributed by atoms with Gasteiger partial charge in [-0.2, -0.15) is 5.10 Å². The van der Waals surface area contributed by atoms with E-state index in [-0.39, 0.29) is 6.42 Å². The number of H-pyrrole nitrogens is 1. The molecule has 2 aromatic heterocycles. The number of aromatic nitrogens is 3. The number of nitrogens with one attached hydrogen (secondary N) is 3. The van der Waals surface area contributed by atoms with E-state index in [0.29, 0.717) is 24.9 Å². The summed E-state index contributed by atoms with van der Waals surface area (Å²) >= 11 is 0. The fraction of sp³-hybridized carbons (Fsp3) is 0.263. The van der Waals surface area contributed by atoms with Gasteiger partial charge in [0.1, 0.15) is 5.82 Å². The van der Waals surface area contributed by atoms with Gasteiger partial charge in [0.25, 0.3) is 5.91 Å². The van der Waals surface area contributed by atoms with Crippen LogP contribution in [0.4, 0.5) is 5.82 Å². The molecule has 3 aromatic rings. The van der Waals surface area contributed by atoms with Gasteiger partial charge in [-0.25, -0.2) is 9.78 Å². The zero-order valence-electron chi connectivity index (χ0n) is 15.2. The maximum absolute atomic E-state index is 12.5. The zero-order chi connectivity index (χ0) is 20.0. The number of aromatic amines is 1. The minimum atomic E-state index is -1.84. The van der Waals surface area contributed by atoms with Crippen molar-refractivity contribution in [3.05, 3.63) is 54.4 Å². The number of anilines is 1. The van der Waals surface area contributed by atoms with Crippen molar-refractivity contribution in [3.8, 4) is 0 Å². The summed E-state index contributed by atoms with van der Waals surface area (Å²) in [6.45, 7) is 0.623. The molecular weight excluding hydrogens is 360 g/mol. The average Bonchev–Trinajstić information content (AvgIpc) is 3.16. The Morgan fingerprint density at radius 1 is 1.21 bits per heavy atom. The van der Waals surface area contributed by atoms with Crippen LogP contribution in [0.25, 0.3) is 10.9 Å². The molecule has 0 unspecified atom stereocenters. The lowest BCUT2D eigenvalue weighted by molar-refractivity contribution is -0.144. The van der Waals surface area contributed by atoms with Gasteiger partial charge in [0.15, 0.2) is 5.66 Å². The number of fused-ring (bicyclic) bond motifs is 1.